The molecule has 0 amide bonds. The van der Waals surface area contributed by atoms with Gasteiger partial charge in [0.1, 0.15) is 4.90 Å². The summed E-state index contributed by atoms with van der Waals surface area (Å²) in [4.78, 5) is 30.3. The van der Waals surface area contributed by atoms with Crippen LogP contribution in [0.4, 0.5) is 0 Å². The van der Waals surface area contributed by atoms with Crippen LogP contribution in [0, 0.1) is 17.8 Å². The molecule has 1 heterocycles. The number of carbonyl (C=O) groups is 2. The maximum absolute atomic E-state index is 14.1. The number of nitrogens with zero attached hydrogens (tertiary/aromatic N) is 1. The molecule has 0 aromatic heterocycles. The van der Waals surface area contributed by atoms with Crippen LogP contribution in [0.25, 0.3) is 0 Å². The van der Waals surface area contributed by atoms with Crippen molar-refractivity contribution in [2.75, 3.05) is 20.3 Å². The highest BCUT2D eigenvalue weighted by Crippen LogP contribution is 2.56. The number of allylic oxidation sites excluding steroid dienone is 4. The van der Waals surface area contributed by atoms with Gasteiger partial charge >= 0.3 is 10.1 Å². The molecule has 5 rings (SSSR count). The van der Waals surface area contributed by atoms with E-state index in [4.69, 9.17) is 32.1 Å². The predicted molar refractivity (Wildman–Crippen MR) is 167 cm³/mol. The third-order valence-corrected chi connectivity index (χ3v) is 10.1. The van der Waals surface area contributed by atoms with E-state index in [1.807, 2.05) is 6.92 Å². The molecule has 43 heavy (non-hydrogen) atoms. The molecule has 2 aromatic carbocycles. The Bertz CT molecular complexity index is 1620. The molecule has 2 aliphatic carbocycles. The molecule has 0 fully saturated rings. The number of Topliss-reactive ketones (excluding diaryl/α,β-unsaturated/α-hetero) is 2. The minimum atomic E-state index is -4.33. The van der Waals surface area contributed by atoms with E-state index in [0.29, 0.717) is 37.1 Å². The van der Waals surface area contributed by atoms with Gasteiger partial charge in [-0.2, -0.15) is 8.42 Å². The molecule has 7 nitrogen and oxygen atoms in total. The summed E-state index contributed by atoms with van der Waals surface area (Å²) in [5.74, 6) is -1.25. The Kier molecular flexibility index (Phi) is 8.40. The number of hydrogen-bond acceptors (Lipinski definition) is 7. The molecular formula is C33H37Cl2NO6S. The van der Waals surface area contributed by atoms with Crippen molar-refractivity contribution in [2.45, 2.75) is 71.1 Å². The summed E-state index contributed by atoms with van der Waals surface area (Å²) in [7, 11) is -2.71. The maximum atomic E-state index is 14.1. The number of benzene rings is 2. The first-order valence-corrected chi connectivity index (χ1v) is 16.5. The van der Waals surface area contributed by atoms with E-state index in [2.05, 4.69) is 32.6 Å². The second-order valence-electron chi connectivity index (χ2n) is 13.3. The fraction of sp³-hybridized carbons (Fsp3) is 0.455. The number of aryl methyl sites for hydroxylation is 1. The SMILES string of the molecule is COCCN1C2=C(C(=O)CC(C)(C)C2)C(c2cc(Cl)cc(Cl)c2OS(=O)(=O)c2ccc(C)cc2)C2=C1CC(C)(C)CC2=O. The molecule has 2 aromatic rings. The van der Waals surface area contributed by atoms with Crippen molar-refractivity contribution in [1.82, 2.24) is 4.90 Å². The van der Waals surface area contributed by atoms with Crippen molar-refractivity contribution in [3.63, 3.8) is 0 Å². The first kappa shape index (κ1) is 31.8. The first-order valence-electron chi connectivity index (χ1n) is 14.3. The summed E-state index contributed by atoms with van der Waals surface area (Å²) in [5.41, 5.74) is 3.07. The van der Waals surface area contributed by atoms with Gasteiger partial charge < -0.3 is 13.8 Å². The minimum Gasteiger partial charge on any atom is -0.383 e. The number of hydrogen-bond donors (Lipinski definition) is 0. The number of ether oxygens (including phenoxy) is 1. The number of ketones is 2. The Morgan fingerprint density at radius 2 is 1.42 bits per heavy atom. The van der Waals surface area contributed by atoms with Gasteiger partial charge in [-0.25, -0.2) is 0 Å². The number of carbonyl (C=O) groups excluding carboxylic acids is 2. The van der Waals surface area contributed by atoms with E-state index in [1.165, 1.54) is 18.2 Å². The normalized spacial score (nSPS) is 20.3. The van der Waals surface area contributed by atoms with Crippen LogP contribution < -0.4 is 4.18 Å². The lowest BCUT2D eigenvalue weighted by Gasteiger charge is -2.49. The molecule has 3 aliphatic rings. The number of methoxy groups -OCH3 is 1. The average molecular weight is 647 g/mol. The first-order chi connectivity index (χ1) is 20.0. The van der Waals surface area contributed by atoms with E-state index >= 15 is 0 Å². The Morgan fingerprint density at radius 3 is 1.93 bits per heavy atom. The highest BCUT2D eigenvalue weighted by Gasteiger charge is 2.50. The lowest BCUT2D eigenvalue weighted by molar-refractivity contribution is -0.119. The van der Waals surface area contributed by atoms with Crippen LogP contribution in [0.1, 0.15) is 70.4 Å². The Labute approximate surface area is 264 Å². The molecule has 1 aliphatic heterocycles. The zero-order valence-electron chi connectivity index (χ0n) is 25.3. The molecule has 0 unspecified atom stereocenters. The standard InChI is InChI=1S/C33H37Cl2NO6S/c1-19-7-9-21(10-8-19)43(39,40)42-31-22(13-20(34)14-23(31)35)28-29-24(15-32(2,3)17-26(29)37)36(11-12-41-6)25-16-33(4,5)18-27(38)30(25)28/h7-10,13-14,28H,11-12,15-18H2,1-6H3. The summed E-state index contributed by atoms with van der Waals surface area (Å²) in [6, 6.07) is 9.25. The van der Waals surface area contributed by atoms with Crippen LogP contribution in [-0.4, -0.2) is 45.1 Å². The van der Waals surface area contributed by atoms with E-state index in [0.717, 1.165) is 17.0 Å². The van der Waals surface area contributed by atoms with Gasteiger partial charge in [0.25, 0.3) is 0 Å². The van der Waals surface area contributed by atoms with Gasteiger partial charge in [-0.15, -0.1) is 0 Å². The average Bonchev–Trinajstić information content (AvgIpc) is 2.87. The molecular weight excluding hydrogens is 609 g/mol. The topological polar surface area (TPSA) is 90.0 Å². The Morgan fingerprint density at radius 1 is 0.884 bits per heavy atom. The lowest BCUT2D eigenvalue weighted by atomic mass is 9.63. The summed E-state index contributed by atoms with van der Waals surface area (Å²) in [5, 5.41) is 0.204. The largest absolute Gasteiger partial charge is 0.383 e. The molecule has 0 radical (unpaired) electrons. The zero-order chi connectivity index (χ0) is 31.5. The second kappa shape index (κ2) is 11.4. The molecule has 0 saturated heterocycles. The van der Waals surface area contributed by atoms with Gasteiger partial charge in [-0.3, -0.25) is 9.59 Å². The van der Waals surface area contributed by atoms with Crippen molar-refractivity contribution < 1.29 is 26.9 Å². The van der Waals surface area contributed by atoms with Crippen molar-refractivity contribution in [1.29, 1.82) is 0 Å². The van der Waals surface area contributed by atoms with Crippen molar-refractivity contribution in [2.24, 2.45) is 10.8 Å². The van der Waals surface area contributed by atoms with E-state index in [1.54, 1.807) is 25.3 Å². The van der Waals surface area contributed by atoms with Crippen LogP contribution >= 0.6 is 23.2 Å². The third kappa shape index (κ3) is 6.17. The van der Waals surface area contributed by atoms with E-state index in [-0.39, 0.29) is 61.5 Å². The van der Waals surface area contributed by atoms with Crippen molar-refractivity contribution in [3.8, 4) is 5.75 Å². The summed E-state index contributed by atoms with van der Waals surface area (Å²) in [6.45, 7) is 10.9. The monoisotopic (exact) mass is 645 g/mol. The van der Waals surface area contributed by atoms with E-state index < -0.39 is 16.0 Å². The summed E-state index contributed by atoms with van der Waals surface area (Å²) in [6.07, 6.45) is 1.72. The fourth-order valence-corrected chi connectivity index (χ4v) is 8.12. The molecule has 230 valence electrons. The fourth-order valence-electron chi connectivity index (χ4n) is 6.56. The third-order valence-electron chi connectivity index (χ3n) is 8.39. The van der Waals surface area contributed by atoms with Crippen LogP contribution in [0.3, 0.4) is 0 Å². The van der Waals surface area contributed by atoms with Gasteiger partial charge in [-0.05, 0) is 54.9 Å². The van der Waals surface area contributed by atoms with Crippen LogP contribution in [0.15, 0.2) is 63.8 Å². The van der Waals surface area contributed by atoms with Gasteiger partial charge in [0.05, 0.1) is 11.6 Å². The lowest BCUT2D eigenvalue weighted by Crippen LogP contribution is -2.45. The maximum Gasteiger partial charge on any atom is 0.339 e. The summed E-state index contributed by atoms with van der Waals surface area (Å²) < 4.78 is 38.3. The van der Waals surface area contributed by atoms with Crippen molar-refractivity contribution >= 4 is 44.9 Å². The second-order valence-corrected chi connectivity index (χ2v) is 15.7. The molecule has 0 spiro atoms. The molecule has 0 N–H and O–H groups in total. The minimum absolute atomic E-state index is 0.0310. The highest BCUT2D eigenvalue weighted by molar-refractivity contribution is 7.87. The highest BCUT2D eigenvalue weighted by atomic mass is 35.5. The summed E-state index contributed by atoms with van der Waals surface area (Å²) >= 11 is 13.2. The van der Waals surface area contributed by atoms with Gasteiger partial charge in [0.15, 0.2) is 17.3 Å². The van der Waals surface area contributed by atoms with E-state index in [9.17, 15) is 18.0 Å². The molecule has 0 saturated carbocycles. The molecule has 0 atom stereocenters. The quantitative estimate of drug-likeness (QED) is 0.290. The van der Waals surface area contributed by atoms with Gasteiger partial charge in [0.2, 0.25) is 0 Å². The predicted octanol–water partition coefficient (Wildman–Crippen LogP) is 7.40. The van der Waals surface area contributed by atoms with Crippen LogP contribution in [0.5, 0.6) is 5.75 Å². The number of halogens is 2. The Hall–Kier alpha value is -2.65. The molecule has 10 heteroatoms. The number of rotatable bonds is 7. The van der Waals surface area contributed by atoms with Crippen LogP contribution in [0.2, 0.25) is 10.0 Å². The molecule has 0 bridgehead atoms. The van der Waals surface area contributed by atoms with Gasteiger partial charge in [-0.1, -0.05) is 68.6 Å². The van der Waals surface area contributed by atoms with Crippen molar-refractivity contribution in [3.05, 3.63) is 80.1 Å². The van der Waals surface area contributed by atoms with Gasteiger partial charge in [0, 0.05) is 65.5 Å². The Balaban J connectivity index is 1.78. The van der Waals surface area contributed by atoms with Crippen LogP contribution in [-0.2, 0) is 24.4 Å². The smallest absolute Gasteiger partial charge is 0.339 e. The zero-order valence-corrected chi connectivity index (χ0v) is 27.7.